The van der Waals surface area contributed by atoms with Gasteiger partial charge in [0.15, 0.2) is 0 Å². The fraction of sp³-hybridized carbons (Fsp3) is 0.429. The quantitative estimate of drug-likeness (QED) is 0.832. The Balaban J connectivity index is 1.62. The molecule has 2 aliphatic heterocycles. The number of benzene rings is 2. The Hall–Kier alpha value is -1.33. The van der Waals surface area contributed by atoms with Crippen LogP contribution in [0.15, 0.2) is 53.4 Å². The van der Waals surface area contributed by atoms with Crippen LogP contribution < -0.4 is 0 Å². The van der Waals surface area contributed by atoms with Gasteiger partial charge in [-0.3, -0.25) is 9.80 Å². The minimum atomic E-state index is 0.381. The van der Waals surface area contributed by atoms with Gasteiger partial charge in [0, 0.05) is 50.5 Å². The first-order chi connectivity index (χ1) is 12.4. The van der Waals surface area contributed by atoms with Crippen molar-refractivity contribution in [3.05, 3.63) is 65.2 Å². The minimum absolute atomic E-state index is 0.381. The number of ether oxygens (including phenoxy) is 1. The third-order valence-electron chi connectivity index (χ3n) is 5.33. The molecule has 1 saturated heterocycles. The summed E-state index contributed by atoms with van der Waals surface area (Å²) in [7, 11) is 1.79. The molecule has 3 nitrogen and oxygen atoms in total. The first-order valence-corrected chi connectivity index (χ1v) is 10.1. The van der Waals surface area contributed by atoms with E-state index in [-0.39, 0.29) is 0 Å². The van der Waals surface area contributed by atoms with E-state index in [1.54, 1.807) is 7.11 Å². The molecule has 4 heteroatoms. The monoisotopic (exact) mass is 354 g/mol. The summed E-state index contributed by atoms with van der Waals surface area (Å²) in [6.07, 6.45) is 0. The summed E-state index contributed by atoms with van der Waals surface area (Å²) < 4.78 is 5.24. The standard InChI is InChI=1S/C21H26N2OS/c1-24-15-14-22-10-12-23(13-11-22)21-18-7-3-2-6-17(18)16-25-20-9-5-4-8-19(20)21/h2-9,21H,10-16H2,1H3/t21-/m1/s1. The lowest BCUT2D eigenvalue weighted by atomic mass is 9.93. The smallest absolute Gasteiger partial charge is 0.0616 e. The van der Waals surface area contributed by atoms with Crippen molar-refractivity contribution >= 4 is 11.8 Å². The Morgan fingerprint density at radius 2 is 1.68 bits per heavy atom. The zero-order valence-corrected chi connectivity index (χ0v) is 15.7. The second-order valence-electron chi connectivity index (χ2n) is 6.80. The molecule has 132 valence electrons. The predicted octanol–water partition coefficient (Wildman–Crippen LogP) is 3.65. The van der Waals surface area contributed by atoms with E-state index in [1.807, 2.05) is 11.8 Å². The van der Waals surface area contributed by atoms with Crippen molar-refractivity contribution in [2.45, 2.75) is 16.7 Å². The molecular weight excluding hydrogens is 328 g/mol. The van der Waals surface area contributed by atoms with Crippen LogP contribution in [0.3, 0.4) is 0 Å². The van der Waals surface area contributed by atoms with Gasteiger partial charge in [-0.2, -0.15) is 0 Å². The fourth-order valence-electron chi connectivity index (χ4n) is 3.95. The van der Waals surface area contributed by atoms with Gasteiger partial charge in [0.1, 0.15) is 0 Å². The summed E-state index contributed by atoms with van der Waals surface area (Å²) in [5.74, 6) is 1.07. The minimum Gasteiger partial charge on any atom is -0.383 e. The molecule has 0 aliphatic carbocycles. The molecule has 0 radical (unpaired) electrons. The van der Waals surface area contributed by atoms with Gasteiger partial charge >= 0.3 is 0 Å². The highest BCUT2D eigenvalue weighted by Gasteiger charge is 2.30. The van der Waals surface area contributed by atoms with Crippen LogP contribution in [0, 0.1) is 0 Å². The molecule has 2 aliphatic rings. The summed E-state index contributed by atoms with van der Waals surface area (Å²) in [4.78, 5) is 6.63. The molecule has 1 atom stereocenters. The van der Waals surface area contributed by atoms with Crippen molar-refractivity contribution in [3.8, 4) is 0 Å². The van der Waals surface area contributed by atoms with Crippen molar-refractivity contribution in [3.63, 3.8) is 0 Å². The Morgan fingerprint density at radius 3 is 2.48 bits per heavy atom. The van der Waals surface area contributed by atoms with Crippen molar-refractivity contribution < 1.29 is 4.74 Å². The summed E-state index contributed by atoms with van der Waals surface area (Å²) in [5, 5.41) is 0. The van der Waals surface area contributed by atoms with E-state index in [2.05, 4.69) is 58.3 Å². The molecule has 4 rings (SSSR count). The highest BCUT2D eigenvalue weighted by molar-refractivity contribution is 7.98. The molecule has 0 spiro atoms. The third-order valence-corrected chi connectivity index (χ3v) is 6.47. The number of piperazine rings is 1. The Kier molecular flexibility index (Phi) is 5.42. The summed E-state index contributed by atoms with van der Waals surface area (Å²) >= 11 is 1.98. The van der Waals surface area contributed by atoms with Gasteiger partial charge in [-0.1, -0.05) is 42.5 Å². The molecule has 2 aromatic carbocycles. The van der Waals surface area contributed by atoms with Gasteiger partial charge in [-0.15, -0.1) is 11.8 Å². The number of nitrogens with zero attached hydrogens (tertiary/aromatic N) is 2. The average molecular weight is 355 g/mol. The second kappa shape index (κ2) is 7.92. The van der Waals surface area contributed by atoms with Gasteiger partial charge in [0.05, 0.1) is 12.6 Å². The van der Waals surface area contributed by atoms with E-state index in [0.717, 1.165) is 45.1 Å². The lowest BCUT2D eigenvalue weighted by Crippen LogP contribution is -2.48. The molecule has 0 aromatic heterocycles. The average Bonchev–Trinajstić information content (AvgIpc) is 2.84. The molecule has 0 unspecified atom stereocenters. The van der Waals surface area contributed by atoms with Crippen LogP contribution in [0.25, 0.3) is 0 Å². The Bertz CT molecular complexity index is 665. The molecule has 0 amide bonds. The first kappa shape index (κ1) is 17.1. The van der Waals surface area contributed by atoms with E-state index >= 15 is 0 Å². The maximum atomic E-state index is 5.24. The molecule has 25 heavy (non-hydrogen) atoms. The van der Waals surface area contributed by atoms with Crippen molar-refractivity contribution in [1.82, 2.24) is 9.80 Å². The van der Waals surface area contributed by atoms with Gasteiger partial charge in [-0.05, 0) is 22.8 Å². The zero-order valence-electron chi connectivity index (χ0n) is 14.9. The van der Waals surface area contributed by atoms with Gasteiger partial charge < -0.3 is 4.74 Å². The lowest BCUT2D eigenvalue weighted by molar-refractivity contribution is 0.0826. The number of hydrogen-bond donors (Lipinski definition) is 0. The van der Waals surface area contributed by atoms with E-state index in [0.29, 0.717) is 6.04 Å². The van der Waals surface area contributed by atoms with Crippen LogP contribution >= 0.6 is 11.8 Å². The van der Waals surface area contributed by atoms with Crippen LogP contribution in [0.1, 0.15) is 22.7 Å². The highest BCUT2D eigenvalue weighted by atomic mass is 32.2. The fourth-order valence-corrected chi connectivity index (χ4v) is 5.05. The van der Waals surface area contributed by atoms with E-state index < -0.39 is 0 Å². The molecule has 1 fully saturated rings. The summed E-state index contributed by atoms with van der Waals surface area (Å²) in [6.45, 7) is 6.34. The summed E-state index contributed by atoms with van der Waals surface area (Å²) in [6, 6.07) is 18.4. The molecule has 0 saturated carbocycles. The Morgan fingerprint density at radius 1 is 0.960 bits per heavy atom. The summed E-state index contributed by atoms with van der Waals surface area (Å²) in [5.41, 5.74) is 4.45. The van der Waals surface area contributed by atoms with Crippen molar-refractivity contribution in [1.29, 1.82) is 0 Å². The van der Waals surface area contributed by atoms with Crippen LogP contribution in [-0.2, 0) is 10.5 Å². The first-order valence-electron chi connectivity index (χ1n) is 9.11. The third kappa shape index (κ3) is 3.63. The zero-order chi connectivity index (χ0) is 17.1. The van der Waals surface area contributed by atoms with Crippen molar-refractivity contribution in [2.75, 3.05) is 46.4 Å². The second-order valence-corrected chi connectivity index (χ2v) is 7.82. The van der Waals surface area contributed by atoms with E-state index in [1.165, 1.54) is 21.6 Å². The molecule has 0 N–H and O–H groups in total. The normalized spacial score (nSPS) is 21.4. The number of hydrogen-bond acceptors (Lipinski definition) is 4. The van der Waals surface area contributed by atoms with Crippen LogP contribution in [-0.4, -0.2) is 56.2 Å². The topological polar surface area (TPSA) is 15.7 Å². The van der Waals surface area contributed by atoms with Gasteiger partial charge in [0.25, 0.3) is 0 Å². The number of fused-ring (bicyclic) bond motifs is 2. The van der Waals surface area contributed by atoms with Crippen molar-refractivity contribution in [2.24, 2.45) is 0 Å². The van der Waals surface area contributed by atoms with Crippen LogP contribution in [0.2, 0.25) is 0 Å². The van der Waals surface area contributed by atoms with Crippen LogP contribution in [0.4, 0.5) is 0 Å². The lowest BCUT2D eigenvalue weighted by Gasteiger charge is -2.40. The molecule has 2 aromatic rings. The van der Waals surface area contributed by atoms with Crippen LogP contribution in [0.5, 0.6) is 0 Å². The maximum absolute atomic E-state index is 5.24. The molecular formula is C21H26N2OS. The van der Waals surface area contributed by atoms with Gasteiger partial charge in [0.2, 0.25) is 0 Å². The molecule has 0 bridgehead atoms. The predicted molar refractivity (Wildman–Crippen MR) is 104 cm³/mol. The van der Waals surface area contributed by atoms with E-state index in [4.69, 9.17) is 4.74 Å². The highest BCUT2D eigenvalue weighted by Crippen LogP contribution is 2.42. The SMILES string of the molecule is COCCN1CCN([C@@H]2c3ccccc3CSc3ccccc32)CC1. The maximum Gasteiger partial charge on any atom is 0.0616 e. The number of thioether (sulfide) groups is 1. The molecule has 2 heterocycles. The number of rotatable bonds is 4. The largest absolute Gasteiger partial charge is 0.383 e. The van der Waals surface area contributed by atoms with Gasteiger partial charge in [-0.25, -0.2) is 0 Å². The number of methoxy groups -OCH3 is 1. The Labute approximate surface area is 155 Å². The van der Waals surface area contributed by atoms with E-state index in [9.17, 15) is 0 Å².